The second kappa shape index (κ2) is 5.03. The smallest absolute Gasteiger partial charge is 0.262 e. The Bertz CT molecular complexity index is 404. The molecule has 0 atom stereocenters. The van der Waals surface area contributed by atoms with E-state index in [0.29, 0.717) is 10.5 Å². The molecule has 0 aromatic heterocycles. The maximum absolute atomic E-state index is 13.1. The van der Waals surface area contributed by atoms with Crippen molar-refractivity contribution in [1.82, 2.24) is 5.32 Å². The molecule has 2 nitrogen and oxygen atoms in total. The molecular weight excluding hydrogens is 334 g/mol. The van der Waals surface area contributed by atoms with Crippen LogP contribution in [0, 0.1) is 9.39 Å². The zero-order valence-electron chi connectivity index (χ0n) is 8.36. The fourth-order valence-corrected chi connectivity index (χ4v) is 1.31. The lowest BCUT2D eigenvalue weighted by Crippen LogP contribution is -2.34. The maximum Gasteiger partial charge on any atom is 0.262 e. The van der Waals surface area contributed by atoms with Crippen molar-refractivity contribution in [2.24, 2.45) is 0 Å². The van der Waals surface area contributed by atoms with Crippen LogP contribution in [0.15, 0.2) is 18.2 Å². The highest BCUT2D eigenvalue weighted by atomic mass is 127. The Kier molecular flexibility index (Phi) is 4.17. The first kappa shape index (κ1) is 13.3. The van der Waals surface area contributed by atoms with Crippen LogP contribution < -0.4 is 5.32 Å². The summed E-state index contributed by atoms with van der Waals surface area (Å²) in [5, 5.41) is 2.03. The van der Waals surface area contributed by atoms with Crippen LogP contribution in [-0.4, -0.2) is 18.4 Å². The molecule has 0 saturated heterocycles. The third-order valence-electron chi connectivity index (χ3n) is 1.74. The number of rotatable bonds is 3. The van der Waals surface area contributed by atoms with Crippen molar-refractivity contribution in [2.45, 2.75) is 12.8 Å². The van der Waals surface area contributed by atoms with E-state index in [4.69, 9.17) is 0 Å². The molecule has 1 amide bonds. The Labute approximate surface area is 104 Å². The number of amides is 1. The summed E-state index contributed by atoms with van der Waals surface area (Å²) < 4.78 is 38.4. The molecule has 0 aliphatic heterocycles. The van der Waals surface area contributed by atoms with Gasteiger partial charge in [0.25, 0.3) is 11.8 Å². The Balaban J connectivity index is 2.70. The van der Waals surface area contributed by atoms with Gasteiger partial charge in [0.15, 0.2) is 0 Å². The SMILES string of the molecule is CC(F)(F)CNC(=O)c1ccc(I)c(F)c1. The summed E-state index contributed by atoms with van der Waals surface area (Å²) in [5.41, 5.74) is 0.0298. The second-order valence-electron chi connectivity index (χ2n) is 3.38. The van der Waals surface area contributed by atoms with Crippen LogP contribution in [0.2, 0.25) is 0 Å². The number of hydrogen-bond donors (Lipinski definition) is 1. The van der Waals surface area contributed by atoms with Gasteiger partial charge >= 0.3 is 0 Å². The largest absolute Gasteiger partial charge is 0.346 e. The lowest BCUT2D eigenvalue weighted by molar-refractivity contribution is 0.0221. The lowest BCUT2D eigenvalue weighted by Gasteiger charge is -2.11. The van der Waals surface area contributed by atoms with Crippen molar-refractivity contribution in [2.75, 3.05) is 6.54 Å². The normalized spacial score (nSPS) is 11.3. The van der Waals surface area contributed by atoms with E-state index >= 15 is 0 Å². The number of benzene rings is 1. The monoisotopic (exact) mass is 343 g/mol. The molecule has 1 aromatic rings. The summed E-state index contributed by atoms with van der Waals surface area (Å²) in [7, 11) is 0. The van der Waals surface area contributed by atoms with E-state index in [0.717, 1.165) is 6.07 Å². The van der Waals surface area contributed by atoms with Gasteiger partial charge in [0, 0.05) is 16.1 Å². The van der Waals surface area contributed by atoms with Crippen LogP contribution in [-0.2, 0) is 0 Å². The highest BCUT2D eigenvalue weighted by Crippen LogP contribution is 2.13. The van der Waals surface area contributed by atoms with Gasteiger partial charge in [-0.25, -0.2) is 13.2 Å². The van der Waals surface area contributed by atoms with Gasteiger partial charge in [0.1, 0.15) is 5.82 Å². The molecule has 16 heavy (non-hydrogen) atoms. The summed E-state index contributed by atoms with van der Waals surface area (Å²) in [5.74, 6) is -4.23. The van der Waals surface area contributed by atoms with Crippen molar-refractivity contribution in [3.63, 3.8) is 0 Å². The minimum absolute atomic E-state index is 0.0298. The second-order valence-corrected chi connectivity index (χ2v) is 4.54. The number of carbonyl (C=O) groups is 1. The molecule has 0 spiro atoms. The van der Waals surface area contributed by atoms with Crippen molar-refractivity contribution in [1.29, 1.82) is 0 Å². The number of hydrogen-bond acceptors (Lipinski definition) is 1. The summed E-state index contributed by atoms with van der Waals surface area (Å²) in [4.78, 5) is 11.3. The Morgan fingerprint density at radius 1 is 1.50 bits per heavy atom. The van der Waals surface area contributed by atoms with Crippen LogP contribution in [0.5, 0.6) is 0 Å². The van der Waals surface area contributed by atoms with Crippen LogP contribution in [0.3, 0.4) is 0 Å². The zero-order valence-corrected chi connectivity index (χ0v) is 10.5. The topological polar surface area (TPSA) is 29.1 Å². The molecule has 1 N–H and O–H groups in total. The molecule has 1 aromatic carbocycles. The molecular formula is C10H9F3INO. The van der Waals surface area contributed by atoms with Gasteiger partial charge in [0.2, 0.25) is 0 Å². The molecule has 0 fully saturated rings. The molecule has 0 radical (unpaired) electrons. The average Bonchev–Trinajstić information content (AvgIpc) is 2.17. The summed E-state index contributed by atoms with van der Waals surface area (Å²) in [6.45, 7) is -0.0682. The predicted octanol–water partition coefficient (Wildman–Crippen LogP) is 2.82. The molecule has 0 aliphatic rings. The van der Waals surface area contributed by atoms with E-state index < -0.39 is 24.2 Å². The minimum atomic E-state index is -2.97. The summed E-state index contributed by atoms with van der Waals surface area (Å²) in [6, 6.07) is 3.81. The molecule has 0 saturated carbocycles. The number of nitrogens with one attached hydrogen (secondary N) is 1. The highest BCUT2D eigenvalue weighted by Gasteiger charge is 2.22. The van der Waals surface area contributed by atoms with Crippen molar-refractivity contribution < 1.29 is 18.0 Å². The minimum Gasteiger partial charge on any atom is -0.346 e. The van der Waals surface area contributed by atoms with Gasteiger partial charge in [-0.15, -0.1) is 0 Å². The van der Waals surface area contributed by atoms with E-state index in [2.05, 4.69) is 0 Å². The first-order chi connectivity index (χ1) is 7.29. The van der Waals surface area contributed by atoms with E-state index in [1.807, 2.05) is 5.32 Å². The Hall–Kier alpha value is -0.790. The lowest BCUT2D eigenvalue weighted by atomic mass is 10.2. The quantitative estimate of drug-likeness (QED) is 0.841. The Morgan fingerprint density at radius 3 is 2.62 bits per heavy atom. The molecule has 0 unspecified atom stereocenters. The van der Waals surface area contributed by atoms with Gasteiger partial charge in [-0.3, -0.25) is 4.79 Å². The van der Waals surface area contributed by atoms with Gasteiger partial charge in [-0.05, 0) is 40.8 Å². The van der Waals surface area contributed by atoms with Gasteiger partial charge < -0.3 is 5.32 Å². The van der Waals surface area contributed by atoms with Crippen LogP contribution in [0.25, 0.3) is 0 Å². The molecule has 1 rings (SSSR count). The molecule has 0 heterocycles. The first-order valence-corrected chi connectivity index (χ1v) is 5.48. The first-order valence-electron chi connectivity index (χ1n) is 4.41. The van der Waals surface area contributed by atoms with Gasteiger partial charge in [-0.2, -0.15) is 0 Å². The fourth-order valence-electron chi connectivity index (χ4n) is 0.975. The fraction of sp³-hybridized carbons (Fsp3) is 0.300. The van der Waals surface area contributed by atoms with Crippen molar-refractivity contribution in [3.8, 4) is 0 Å². The number of alkyl halides is 2. The summed E-state index contributed by atoms with van der Waals surface area (Å²) >= 11 is 1.77. The average molecular weight is 343 g/mol. The molecule has 6 heteroatoms. The molecule has 0 bridgehead atoms. The number of halogens is 4. The van der Waals surface area contributed by atoms with Gasteiger partial charge in [0.05, 0.1) is 6.54 Å². The van der Waals surface area contributed by atoms with Crippen LogP contribution in [0.1, 0.15) is 17.3 Å². The maximum atomic E-state index is 13.1. The third-order valence-corrected chi connectivity index (χ3v) is 2.62. The molecule has 88 valence electrons. The predicted molar refractivity (Wildman–Crippen MR) is 62.1 cm³/mol. The highest BCUT2D eigenvalue weighted by molar-refractivity contribution is 14.1. The van der Waals surface area contributed by atoms with E-state index in [-0.39, 0.29) is 5.56 Å². The summed E-state index contributed by atoms with van der Waals surface area (Å²) in [6.07, 6.45) is 0. The third kappa shape index (κ3) is 3.99. The van der Waals surface area contributed by atoms with E-state index in [9.17, 15) is 18.0 Å². The van der Waals surface area contributed by atoms with Crippen LogP contribution >= 0.6 is 22.6 Å². The van der Waals surface area contributed by atoms with Crippen LogP contribution in [0.4, 0.5) is 13.2 Å². The van der Waals surface area contributed by atoms with E-state index in [1.165, 1.54) is 12.1 Å². The number of carbonyl (C=O) groups excluding carboxylic acids is 1. The zero-order chi connectivity index (χ0) is 12.3. The molecule has 0 aliphatic carbocycles. The standard InChI is InChI=1S/C10H9F3INO/c1-10(12,13)5-15-9(16)6-2-3-8(14)7(11)4-6/h2-4H,5H2,1H3,(H,15,16). The van der Waals surface area contributed by atoms with Gasteiger partial charge in [-0.1, -0.05) is 0 Å². The van der Waals surface area contributed by atoms with Crippen molar-refractivity contribution in [3.05, 3.63) is 33.1 Å². The van der Waals surface area contributed by atoms with E-state index in [1.54, 1.807) is 22.6 Å². The Morgan fingerprint density at radius 2 is 2.12 bits per heavy atom. The van der Waals surface area contributed by atoms with Crippen molar-refractivity contribution >= 4 is 28.5 Å².